The SMILES string of the molecule is CCCOc1ccc(C(=O)OCc2nc(-c3cccc(OC)c3)no2)cc1. The summed E-state index contributed by atoms with van der Waals surface area (Å²) in [6, 6.07) is 14.1. The molecule has 0 fully saturated rings. The van der Waals surface area contributed by atoms with Gasteiger partial charge in [0.05, 0.1) is 19.3 Å². The van der Waals surface area contributed by atoms with E-state index in [9.17, 15) is 4.79 Å². The maximum Gasteiger partial charge on any atom is 0.338 e. The highest BCUT2D eigenvalue weighted by Gasteiger charge is 2.13. The van der Waals surface area contributed by atoms with Crippen LogP contribution in [0, 0.1) is 0 Å². The number of carbonyl (C=O) groups is 1. The average Bonchev–Trinajstić information content (AvgIpc) is 3.20. The third kappa shape index (κ3) is 4.84. The quantitative estimate of drug-likeness (QED) is 0.558. The molecule has 7 nitrogen and oxygen atoms in total. The zero-order valence-corrected chi connectivity index (χ0v) is 15.2. The molecule has 3 rings (SSSR count). The van der Waals surface area contributed by atoms with E-state index >= 15 is 0 Å². The van der Waals surface area contributed by atoms with Gasteiger partial charge in [-0.15, -0.1) is 0 Å². The van der Waals surface area contributed by atoms with Crippen LogP contribution in [0.3, 0.4) is 0 Å². The van der Waals surface area contributed by atoms with E-state index in [2.05, 4.69) is 10.1 Å². The third-order valence-electron chi connectivity index (χ3n) is 3.69. The summed E-state index contributed by atoms with van der Waals surface area (Å²) in [5.41, 5.74) is 1.17. The zero-order chi connectivity index (χ0) is 19.1. The molecule has 3 aromatic rings. The first-order chi connectivity index (χ1) is 13.2. The average molecular weight is 368 g/mol. The molecule has 0 saturated heterocycles. The minimum absolute atomic E-state index is 0.107. The lowest BCUT2D eigenvalue weighted by Gasteiger charge is -2.05. The van der Waals surface area contributed by atoms with Crippen LogP contribution in [0.15, 0.2) is 53.1 Å². The molecule has 0 radical (unpaired) electrons. The van der Waals surface area contributed by atoms with Crippen molar-refractivity contribution in [3.05, 3.63) is 60.0 Å². The lowest BCUT2D eigenvalue weighted by molar-refractivity contribution is 0.0430. The van der Waals surface area contributed by atoms with Crippen molar-refractivity contribution in [2.24, 2.45) is 0 Å². The van der Waals surface area contributed by atoms with Gasteiger partial charge in [0.2, 0.25) is 5.82 Å². The molecule has 27 heavy (non-hydrogen) atoms. The second-order valence-corrected chi connectivity index (χ2v) is 5.69. The van der Waals surface area contributed by atoms with Gasteiger partial charge in [-0.2, -0.15) is 4.98 Å². The fourth-order valence-corrected chi connectivity index (χ4v) is 2.31. The summed E-state index contributed by atoms with van der Waals surface area (Å²) in [7, 11) is 1.59. The number of hydrogen-bond acceptors (Lipinski definition) is 7. The summed E-state index contributed by atoms with van der Waals surface area (Å²) in [5.74, 6) is 1.55. The predicted molar refractivity (Wildman–Crippen MR) is 97.6 cm³/mol. The Balaban J connectivity index is 1.58. The van der Waals surface area contributed by atoms with Crippen LogP contribution < -0.4 is 9.47 Å². The van der Waals surface area contributed by atoms with Crippen LogP contribution in [0.4, 0.5) is 0 Å². The molecule has 1 heterocycles. The third-order valence-corrected chi connectivity index (χ3v) is 3.69. The molecule has 0 spiro atoms. The van der Waals surface area contributed by atoms with Crippen molar-refractivity contribution in [2.75, 3.05) is 13.7 Å². The molecule has 1 aromatic heterocycles. The van der Waals surface area contributed by atoms with E-state index in [4.69, 9.17) is 18.7 Å². The van der Waals surface area contributed by atoms with Crippen LogP contribution in [0.2, 0.25) is 0 Å². The summed E-state index contributed by atoms with van der Waals surface area (Å²) in [6.45, 7) is 2.56. The molecule has 0 atom stereocenters. The topological polar surface area (TPSA) is 83.7 Å². The Morgan fingerprint density at radius 1 is 1.11 bits per heavy atom. The molecule has 0 amide bonds. The number of aromatic nitrogens is 2. The van der Waals surface area contributed by atoms with Crippen molar-refractivity contribution >= 4 is 5.97 Å². The molecule has 0 aliphatic carbocycles. The van der Waals surface area contributed by atoms with Crippen LogP contribution in [-0.4, -0.2) is 29.8 Å². The van der Waals surface area contributed by atoms with Crippen molar-refractivity contribution in [1.29, 1.82) is 0 Å². The molecule has 0 aliphatic heterocycles. The lowest BCUT2D eigenvalue weighted by atomic mass is 10.2. The number of esters is 1. The molecule has 0 saturated carbocycles. The molecule has 7 heteroatoms. The monoisotopic (exact) mass is 368 g/mol. The summed E-state index contributed by atoms with van der Waals surface area (Å²) in [6.07, 6.45) is 0.922. The lowest BCUT2D eigenvalue weighted by Crippen LogP contribution is -2.05. The predicted octanol–water partition coefficient (Wildman–Crippen LogP) is 3.89. The Bertz CT molecular complexity index is 889. The van der Waals surface area contributed by atoms with Gasteiger partial charge < -0.3 is 18.7 Å². The highest BCUT2D eigenvalue weighted by atomic mass is 16.6. The summed E-state index contributed by atoms with van der Waals surface area (Å²) < 4.78 is 21.0. The molecule has 0 bridgehead atoms. The number of benzene rings is 2. The van der Waals surface area contributed by atoms with Crippen molar-refractivity contribution in [3.63, 3.8) is 0 Å². The Labute approximate surface area is 156 Å². The number of carbonyl (C=O) groups excluding carboxylic acids is 1. The fraction of sp³-hybridized carbons (Fsp3) is 0.250. The van der Waals surface area contributed by atoms with E-state index < -0.39 is 5.97 Å². The van der Waals surface area contributed by atoms with Gasteiger partial charge in [0.25, 0.3) is 5.89 Å². The van der Waals surface area contributed by atoms with Gasteiger partial charge in [0.15, 0.2) is 6.61 Å². The first kappa shape index (κ1) is 18.4. The summed E-state index contributed by atoms with van der Waals surface area (Å²) in [5, 5.41) is 3.90. The maximum atomic E-state index is 12.1. The smallest absolute Gasteiger partial charge is 0.338 e. The van der Waals surface area contributed by atoms with Gasteiger partial charge in [-0.1, -0.05) is 24.2 Å². The Hall–Kier alpha value is -3.35. The van der Waals surface area contributed by atoms with Crippen molar-refractivity contribution in [3.8, 4) is 22.9 Å². The van der Waals surface area contributed by atoms with Crippen LogP contribution in [0.5, 0.6) is 11.5 Å². The number of hydrogen-bond donors (Lipinski definition) is 0. The Kier molecular flexibility index (Phi) is 6.04. The largest absolute Gasteiger partial charge is 0.497 e. The van der Waals surface area contributed by atoms with Crippen LogP contribution in [0.1, 0.15) is 29.6 Å². The molecular formula is C20H20N2O5. The van der Waals surface area contributed by atoms with Crippen molar-refractivity contribution in [1.82, 2.24) is 10.1 Å². The van der Waals surface area contributed by atoms with Crippen molar-refractivity contribution in [2.45, 2.75) is 20.0 Å². The number of nitrogens with zero attached hydrogens (tertiary/aromatic N) is 2. The minimum atomic E-state index is -0.474. The first-order valence-electron chi connectivity index (χ1n) is 8.56. The van der Waals surface area contributed by atoms with E-state index in [0.29, 0.717) is 29.5 Å². The van der Waals surface area contributed by atoms with Gasteiger partial charge >= 0.3 is 5.97 Å². The van der Waals surface area contributed by atoms with Gasteiger partial charge in [-0.3, -0.25) is 0 Å². The van der Waals surface area contributed by atoms with Gasteiger partial charge in [0.1, 0.15) is 11.5 Å². The molecule has 140 valence electrons. The molecule has 0 unspecified atom stereocenters. The van der Waals surface area contributed by atoms with Gasteiger partial charge in [-0.25, -0.2) is 4.79 Å². The van der Waals surface area contributed by atoms with E-state index in [0.717, 1.165) is 12.0 Å². The highest BCUT2D eigenvalue weighted by molar-refractivity contribution is 5.89. The van der Waals surface area contributed by atoms with Crippen LogP contribution in [0.25, 0.3) is 11.4 Å². The summed E-state index contributed by atoms with van der Waals surface area (Å²) >= 11 is 0. The Morgan fingerprint density at radius 3 is 2.67 bits per heavy atom. The molecular weight excluding hydrogens is 348 g/mol. The normalized spacial score (nSPS) is 10.4. The minimum Gasteiger partial charge on any atom is -0.497 e. The fourth-order valence-electron chi connectivity index (χ4n) is 2.31. The van der Waals surface area contributed by atoms with E-state index in [-0.39, 0.29) is 12.5 Å². The van der Waals surface area contributed by atoms with Gasteiger partial charge in [0, 0.05) is 5.56 Å². The second kappa shape index (κ2) is 8.84. The molecule has 2 aromatic carbocycles. The van der Waals surface area contributed by atoms with Crippen LogP contribution in [-0.2, 0) is 11.3 Å². The van der Waals surface area contributed by atoms with E-state index in [1.165, 1.54) is 0 Å². The van der Waals surface area contributed by atoms with Gasteiger partial charge in [-0.05, 0) is 42.8 Å². The zero-order valence-electron chi connectivity index (χ0n) is 15.2. The molecule has 0 N–H and O–H groups in total. The first-order valence-corrected chi connectivity index (χ1v) is 8.56. The van der Waals surface area contributed by atoms with E-state index in [1.54, 1.807) is 37.4 Å². The number of ether oxygens (including phenoxy) is 3. The van der Waals surface area contributed by atoms with E-state index in [1.807, 2.05) is 25.1 Å². The summed E-state index contributed by atoms with van der Waals surface area (Å²) in [4.78, 5) is 16.4. The highest BCUT2D eigenvalue weighted by Crippen LogP contribution is 2.21. The number of rotatable bonds is 8. The second-order valence-electron chi connectivity index (χ2n) is 5.69. The molecule has 0 aliphatic rings. The Morgan fingerprint density at radius 2 is 1.93 bits per heavy atom. The maximum absolute atomic E-state index is 12.1. The van der Waals surface area contributed by atoms with Crippen LogP contribution >= 0.6 is 0 Å². The van der Waals surface area contributed by atoms with Crippen molar-refractivity contribution < 1.29 is 23.5 Å². The number of methoxy groups -OCH3 is 1. The standard InChI is InChI=1S/C20H20N2O5/c1-3-11-25-16-9-7-14(8-10-16)20(23)26-13-18-21-19(22-27-18)15-5-4-6-17(12-15)24-2/h4-10,12H,3,11,13H2,1-2H3.